The largest absolute Gasteiger partial charge is 0.395 e. The molecule has 2 amide bonds. The van der Waals surface area contributed by atoms with Crippen molar-refractivity contribution in [3.8, 4) is 0 Å². The zero-order valence-corrected chi connectivity index (χ0v) is 10.7. The van der Waals surface area contributed by atoms with E-state index >= 15 is 0 Å². The van der Waals surface area contributed by atoms with Gasteiger partial charge in [-0.25, -0.2) is 4.79 Å². The Bertz CT molecular complexity index is 381. The minimum atomic E-state index is -0.357. The quantitative estimate of drug-likeness (QED) is 0.683. The molecule has 0 spiro atoms. The van der Waals surface area contributed by atoms with Crippen molar-refractivity contribution in [3.63, 3.8) is 0 Å². The van der Waals surface area contributed by atoms with E-state index in [0.29, 0.717) is 11.6 Å². The van der Waals surface area contributed by atoms with Gasteiger partial charge in [0.15, 0.2) is 0 Å². The summed E-state index contributed by atoms with van der Waals surface area (Å²) >= 11 is 5.71. The molecule has 5 nitrogen and oxygen atoms in total. The van der Waals surface area contributed by atoms with E-state index < -0.39 is 0 Å². The molecule has 1 rings (SSSR count). The fourth-order valence-corrected chi connectivity index (χ4v) is 1.66. The monoisotopic (exact) mass is 272 g/mol. The van der Waals surface area contributed by atoms with E-state index in [4.69, 9.17) is 21.8 Å². The molecule has 0 bridgehead atoms. The molecule has 0 aliphatic rings. The van der Waals surface area contributed by atoms with Crippen LogP contribution >= 0.6 is 11.6 Å². The second kappa shape index (κ2) is 7.92. The molecule has 6 heteroatoms. The van der Waals surface area contributed by atoms with E-state index in [1.165, 1.54) is 4.90 Å². The number of amides is 2. The average Bonchev–Trinajstić information content (AvgIpc) is 2.38. The van der Waals surface area contributed by atoms with Crippen LogP contribution in [-0.2, 0) is 5.88 Å². The number of benzene rings is 1. The normalized spacial score (nSPS) is 10.2. The third kappa shape index (κ3) is 4.52. The van der Waals surface area contributed by atoms with Crippen molar-refractivity contribution >= 4 is 23.3 Å². The minimum Gasteiger partial charge on any atom is -0.395 e. The maximum atomic E-state index is 11.9. The first-order valence-electron chi connectivity index (χ1n) is 5.63. The summed E-state index contributed by atoms with van der Waals surface area (Å²) in [5.74, 6) is 0.376. The molecule has 18 heavy (non-hydrogen) atoms. The summed E-state index contributed by atoms with van der Waals surface area (Å²) in [4.78, 5) is 13.2. The number of carbonyl (C=O) groups excluding carboxylic acids is 1. The van der Waals surface area contributed by atoms with Crippen LogP contribution in [0.1, 0.15) is 5.56 Å². The number of aliphatic hydroxyl groups excluding tert-OH is 2. The Hall–Kier alpha value is -1.30. The van der Waals surface area contributed by atoms with Crippen LogP contribution in [0.2, 0.25) is 0 Å². The lowest BCUT2D eigenvalue weighted by Gasteiger charge is -2.21. The Labute approximate surface area is 111 Å². The lowest BCUT2D eigenvalue weighted by atomic mass is 10.2. The molecule has 0 radical (unpaired) electrons. The number of anilines is 1. The van der Waals surface area contributed by atoms with Crippen molar-refractivity contribution in [2.24, 2.45) is 0 Å². The van der Waals surface area contributed by atoms with Gasteiger partial charge in [-0.2, -0.15) is 0 Å². The molecular formula is C12H17ClN2O3. The molecular weight excluding hydrogens is 256 g/mol. The van der Waals surface area contributed by atoms with Crippen LogP contribution in [0.25, 0.3) is 0 Å². The molecule has 0 fully saturated rings. The van der Waals surface area contributed by atoms with E-state index in [0.717, 1.165) is 5.56 Å². The number of urea groups is 1. The van der Waals surface area contributed by atoms with Crippen LogP contribution in [-0.4, -0.2) is 47.4 Å². The highest BCUT2D eigenvalue weighted by atomic mass is 35.5. The van der Waals surface area contributed by atoms with Crippen molar-refractivity contribution in [3.05, 3.63) is 29.8 Å². The van der Waals surface area contributed by atoms with Gasteiger partial charge in [0.25, 0.3) is 0 Å². The van der Waals surface area contributed by atoms with Crippen LogP contribution in [0.15, 0.2) is 24.3 Å². The van der Waals surface area contributed by atoms with Crippen LogP contribution in [0.4, 0.5) is 10.5 Å². The van der Waals surface area contributed by atoms with E-state index in [1.807, 2.05) is 6.07 Å². The van der Waals surface area contributed by atoms with E-state index in [9.17, 15) is 4.79 Å². The number of rotatable bonds is 6. The second-order valence-electron chi connectivity index (χ2n) is 3.70. The van der Waals surface area contributed by atoms with Gasteiger partial charge in [0.1, 0.15) is 0 Å². The Balaban J connectivity index is 2.66. The highest BCUT2D eigenvalue weighted by Gasteiger charge is 2.12. The summed E-state index contributed by atoms with van der Waals surface area (Å²) in [7, 11) is 0. The minimum absolute atomic E-state index is 0.144. The molecule has 0 aliphatic carbocycles. The molecule has 0 heterocycles. The predicted octanol–water partition coefficient (Wildman–Crippen LogP) is 1.24. The molecule has 100 valence electrons. The molecule has 0 saturated heterocycles. The standard InChI is InChI=1S/C12H17ClN2O3/c13-9-10-2-1-3-11(8-10)14-12(18)15(4-6-16)5-7-17/h1-3,8,16-17H,4-7,9H2,(H,14,18). The number of hydrogen-bond donors (Lipinski definition) is 3. The number of nitrogens with one attached hydrogen (secondary N) is 1. The summed E-state index contributed by atoms with van der Waals surface area (Å²) in [5, 5.41) is 20.4. The average molecular weight is 273 g/mol. The smallest absolute Gasteiger partial charge is 0.321 e. The first-order chi connectivity index (χ1) is 8.71. The number of alkyl halides is 1. The van der Waals surface area contributed by atoms with Crippen LogP contribution in [0, 0.1) is 0 Å². The number of hydrogen-bond acceptors (Lipinski definition) is 3. The third-order valence-corrected chi connectivity index (χ3v) is 2.67. The van der Waals surface area contributed by atoms with Crippen molar-refractivity contribution in [2.45, 2.75) is 5.88 Å². The molecule has 0 aromatic heterocycles. The number of halogens is 1. The predicted molar refractivity (Wildman–Crippen MR) is 70.8 cm³/mol. The van der Waals surface area contributed by atoms with E-state index in [-0.39, 0.29) is 32.3 Å². The molecule has 0 saturated carbocycles. The summed E-state index contributed by atoms with van der Waals surface area (Å²) in [6.07, 6.45) is 0. The first-order valence-corrected chi connectivity index (χ1v) is 6.17. The molecule has 1 aromatic carbocycles. The maximum absolute atomic E-state index is 11.9. The summed E-state index contributed by atoms with van der Waals surface area (Å²) in [6, 6.07) is 6.84. The highest BCUT2D eigenvalue weighted by Crippen LogP contribution is 2.13. The Morgan fingerprint density at radius 2 is 1.94 bits per heavy atom. The van der Waals surface area contributed by atoms with Gasteiger partial charge in [-0.3, -0.25) is 0 Å². The summed E-state index contributed by atoms with van der Waals surface area (Å²) in [5.41, 5.74) is 1.55. The highest BCUT2D eigenvalue weighted by molar-refractivity contribution is 6.17. The van der Waals surface area contributed by atoms with Gasteiger partial charge in [-0.05, 0) is 17.7 Å². The lowest BCUT2D eigenvalue weighted by molar-refractivity contribution is 0.167. The molecule has 0 aliphatic heterocycles. The van der Waals surface area contributed by atoms with Gasteiger partial charge in [0.05, 0.1) is 13.2 Å². The van der Waals surface area contributed by atoms with Crippen LogP contribution in [0.3, 0.4) is 0 Å². The second-order valence-corrected chi connectivity index (χ2v) is 3.97. The number of nitrogens with zero attached hydrogens (tertiary/aromatic N) is 1. The van der Waals surface area contributed by atoms with Crippen molar-refractivity contribution in [1.82, 2.24) is 4.90 Å². The Kier molecular flexibility index (Phi) is 6.49. The lowest BCUT2D eigenvalue weighted by Crippen LogP contribution is -2.38. The van der Waals surface area contributed by atoms with Crippen molar-refractivity contribution in [1.29, 1.82) is 0 Å². The Morgan fingerprint density at radius 3 is 2.50 bits per heavy atom. The van der Waals surface area contributed by atoms with Gasteiger partial charge in [0, 0.05) is 24.7 Å². The maximum Gasteiger partial charge on any atom is 0.321 e. The molecule has 3 N–H and O–H groups in total. The molecule has 0 atom stereocenters. The van der Waals surface area contributed by atoms with Crippen LogP contribution < -0.4 is 5.32 Å². The van der Waals surface area contributed by atoms with Gasteiger partial charge in [-0.1, -0.05) is 12.1 Å². The SMILES string of the molecule is O=C(Nc1cccc(CCl)c1)N(CCO)CCO. The Morgan fingerprint density at radius 1 is 1.28 bits per heavy atom. The first kappa shape index (κ1) is 14.8. The summed E-state index contributed by atoms with van der Waals surface area (Å²) < 4.78 is 0. The fourth-order valence-electron chi connectivity index (χ4n) is 1.49. The number of carbonyl (C=O) groups is 1. The third-order valence-electron chi connectivity index (χ3n) is 2.36. The van der Waals surface area contributed by atoms with E-state index in [2.05, 4.69) is 5.32 Å². The van der Waals surface area contributed by atoms with Gasteiger partial charge < -0.3 is 20.4 Å². The van der Waals surface area contributed by atoms with Crippen LogP contribution in [0.5, 0.6) is 0 Å². The van der Waals surface area contributed by atoms with Gasteiger partial charge in [0.2, 0.25) is 0 Å². The zero-order valence-electron chi connectivity index (χ0n) is 9.97. The number of aliphatic hydroxyl groups is 2. The van der Waals surface area contributed by atoms with Crippen molar-refractivity contribution in [2.75, 3.05) is 31.6 Å². The topological polar surface area (TPSA) is 72.8 Å². The van der Waals surface area contributed by atoms with Gasteiger partial charge in [-0.15, -0.1) is 11.6 Å². The summed E-state index contributed by atoms with van der Waals surface area (Å²) in [6.45, 7) is 0.0768. The fraction of sp³-hybridized carbons (Fsp3) is 0.417. The van der Waals surface area contributed by atoms with Gasteiger partial charge >= 0.3 is 6.03 Å². The van der Waals surface area contributed by atoms with E-state index in [1.54, 1.807) is 18.2 Å². The van der Waals surface area contributed by atoms with Crippen molar-refractivity contribution < 1.29 is 15.0 Å². The molecule has 1 aromatic rings. The zero-order chi connectivity index (χ0) is 13.4. The molecule has 0 unspecified atom stereocenters.